The van der Waals surface area contributed by atoms with Crippen molar-refractivity contribution in [3.05, 3.63) is 18.2 Å². The van der Waals surface area contributed by atoms with Gasteiger partial charge in [0.2, 0.25) is 0 Å². The fraction of sp³-hybridized carbons (Fsp3) is 0.333. The van der Waals surface area contributed by atoms with Gasteiger partial charge in [0.05, 0.1) is 24.3 Å². The standard InChI is InChI=1S/C6H8N4/c1-8-5(2-7)6-3-9-4-10-6/h3-5,8H,1H3,(H,9,10). The predicted molar refractivity (Wildman–Crippen MR) is 36.0 cm³/mol. The number of nitrogens with zero attached hydrogens (tertiary/aromatic N) is 2. The van der Waals surface area contributed by atoms with Gasteiger partial charge in [0.25, 0.3) is 0 Å². The van der Waals surface area contributed by atoms with Crippen LogP contribution in [-0.4, -0.2) is 17.0 Å². The number of aromatic nitrogens is 2. The number of rotatable bonds is 2. The molecule has 2 N–H and O–H groups in total. The van der Waals surface area contributed by atoms with E-state index in [-0.39, 0.29) is 6.04 Å². The minimum absolute atomic E-state index is 0.275. The van der Waals surface area contributed by atoms with Gasteiger partial charge in [0.15, 0.2) is 0 Å². The van der Waals surface area contributed by atoms with Crippen LogP contribution in [0.5, 0.6) is 0 Å². The van der Waals surface area contributed by atoms with Gasteiger partial charge in [-0.05, 0) is 7.05 Å². The minimum Gasteiger partial charge on any atom is -0.346 e. The van der Waals surface area contributed by atoms with Crippen LogP contribution in [0.3, 0.4) is 0 Å². The number of H-pyrrole nitrogens is 1. The van der Waals surface area contributed by atoms with Crippen LogP contribution in [0.1, 0.15) is 11.7 Å². The molecule has 0 saturated carbocycles. The van der Waals surface area contributed by atoms with Crippen molar-refractivity contribution in [2.24, 2.45) is 0 Å². The van der Waals surface area contributed by atoms with E-state index in [1.165, 1.54) is 0 Å². The molecule has 0 bridgehead atoms. The molecule has 1 heterocycles. The first-order valence-corrected chi connectivity index (χ1v) is 2.93. The summed E-state index contributed by atoms with van der Waals surface area (Å²) in [6, 6.07) is 1.80. The van der Waals surface area contributed by atoms with Crippen LogP contribution in [0.25, 0.3) is 0 Å². The lowest BCUT2D eigenvalue weighted by Gasteiger charge is -2.01. The van der Waals surface area contributed by atoms with E-state index < -0.39 is 0 Å². The molecule has 0 aliphatic heterocycles. The third-order valence-corrected chi connectivity index (χ3v) is 1.25. The average molecular weight is 136 g/mol. The zero-order valence-corrected chi connectivity index (χ0v) is 5.63. The van der Waals surface area contributed by atoms with Gasteiger partial charge < -0.3 is 10.3 Å². The largest absolute Gasteiger partial charge is 0.346 e. The van der Waals surface area contributed by atoms with Gasteiger partial charge in [0, 0.05) is 0 Å². The fourth-order valence-electron chi connectivity index (χ4n) is 0.714. The molecule has 1 unspecified atom stereocenters. The second-order valence-electron chi connectivity index (χ2n) is 1.86. The molecule has 0 radical (unpaired) electrons. The average Bonchev–Trinajstić information content (AvgIpc) is 2.43. The summed E-state index contributed by atoms with van der Waals surface area (Å²) in [5.41, 5.74) is 0.796. The van der Waals surface area contributed by atoms with Crippen LogP contribution in [0, 0.1) is 11.3 Å². The number of hydrogen-bond acceptors (Lipinski definition) is 3. The normalized spacial score (nSPS) is 12.4. The molecule has 4 nitrogen and oxygen atoms in total. The summed E-state index contributed by atoms with van der Waals surface area (Å²) in [6.07, 6.45) is 3.18. The fourth-order valence-corrected chi connectivity index (χ4v) is 0.714. The first-order chi connectivity index (χ1) is 4.88. The maximum atomic E-state index is 8.54. The van der Waals surface area contributed by atoms with Gasteiger partial charge in [-0.15, -0.1) is 0 Å². The Hall–Kier alpha value is -1.34. The first kappa shape index (κ1) is 6.78. The molecule has 52 valence electrons. The minimum atomic E-state index is -0.275. The molecule has 4 heteroatoms. The van der Waals surface area contributed by atoms with Crippen molar-refractivity contribution < 1.29 is 0 Å². The topological polar surface area (TPSA) is 64.5 Å². The molecule has 0 aliphatic rings. The molecule has 10 heavy (non-hydrogen) atoms. The molecule has 1 aromatic rings. The summed E-state index contributed by atoms with van der Waals surface area (Å²) < 4.78 is 0. The van der Waals surface area contributed by atoms with Gasteiger partial charge in [0.1, 0.15) is 6.04 Å². The van der Waals surface area contributed by atoms with Crippen molar-refractivity contribution in [2.75, 3.05) is 7.05 Å². The van der Waals surface area contributed by atoms with Crippen LogP contribution in [0.2, 0.25) is 0 Å². The van der Waals surface area contributed by atoms with Gasteiger partial charge in [-0.1, -0.05) is 0 Å². The lowest BCUT2D eigenvalue weighted by molar-refractivity contribution is 0.709. The van der Waals surface area contributed by atoms with Crippen LogP contribution >= 0.6 is 0 Å². The Balaban J connectivity index is 2.76. The summed E-state index contributed by atoms with van der Waals surface area (Å²) in [5.74, 6) is 0. The maximum absolute atomic E-state index is 8.54. The number of nitrogens with one attached hydrogen (secondary N) is 2. The van der Waals surface area contributed by atoms with Crippen molar-refractivity contribution in [2.45, 2.75) is 6.04 Å². The quantitative estimate of drug-likeness (QED) is 0.610. The van der Waals surface area contributed by atoms with Crippen LogP contribution in [0.4, 0.5) is 0 Å². The molecular weight excluding hydrogens is 128 g/mol. The molecule has 0 fully saturated rings. The van der Waals surface area contributed by atoms with Crippen molar-refractivity contribution >= 4 is 0 Å². The predicted octanol–water partition coefficient (Wildman–Crippen LogP) is 0.194. The number of imidazole rings is 1. The Labute approximate surface area is 58.9 Å². The van der Waals surface area contributed by atoms with E-state index in [1.807, 2.05) is 0 Å². The highest BCUT2D eigenvalue weighted by molar-refractivity contribution is 5.10. The third kappa shape index (κ3) is 1.14. The third-order valence-electron chi connectivity index (χ3n) is 1.25. The monoisotopic (exact) mass is 136 g/mol. The van der Waals surface area contributed by atoms with Crippen molar-refractivity contribution in [3.63, 3.8) is 0 Å². The molecule has 1 atom stereocenters. The Morgan fingerprint density at radius 1 is 1.90 bits per heavy atom. The van der Waals surface area contributed by atoms with E-state index in [0.717, 1.165) is 5.69 Å². The molecule has 0 saturated heterocycles. The highest BCUT2D eigenvalue weighted by atomic mass is 14.9. The molecule has 1 aromatic heterocycles. The lowest BCUT2D eigenvalue weighted by Crippen LogP contribution is -2.14. The molecule has 1 rings (SSSR count). The second kappa shape index (κ2) is 2.99. The number of aromatic amines is 1. The zero-order valence-electron chi connectivity index (χ0n) is 5.63. The van der Waals surface area contributed by atoms with E-state index in [0.29, 0.717) is 0 Å². The summed E-state index contributed by atoms with van der Waals surface area (Å²) in [7, 11) is 1.73. The summed E-state index contributed by atoms with van der Waals surface area (Å²) >= 11 is 0. The van der Waals surface area contributed by atoms with E-state index in [4.69, 9.17) is 5.26 Å². The van der Waals surface area contributed by atoms with Crippen molar-refractivity contribution in [3.8, 4) is 6.07 Å². The summed E-state index contributed by atoms with van der Waals surface area (Å²) in [5, 5.41) is 11.4. The number of hydrogen-bond donors (Lipinski definition) is 2. The van der Waals surface area contributed by atoms with E-state index in [1.54, 1.807) is 19.6 Å². The van der Waals surface area contributed by atoms with E-state index in [9.17, 15) is 0 Å². The zero-order chi connectivity index (χ0) is 7.40. The molecular formula is C6H8N4. The van der Waals surface area contributed by atoms with E-state index in [2.05, 4.69) is 21.4 Å². The Morgan fingerprint density at radius 3 is 3.10 bits per heavy atom. The molecule has 0 spiro atoms. The maximum Gasteiger partial charge on any atom is 0.137 e. The van der Waals surface area contributed by atoms with Crippen molar-refractivity contribution in [1.29, 1.82) is 5.26 Å². The highest BCUT2D eigenvalue weighted by Crippen LogP contribution is 2.04. The summed E-state index contributed by atoms with van der Waals surface area (Å²) in [4.78, 5) is 6.64. The molecule has 0 amide bonds. The van der Waals surface area contributed by atoms with Crippen LogP contribution in [0.15, 0.2) is 12.5 Å². The Kier molecular flexibility index (Phi) is 2.03. The highest BCUT2D eigenvalue weighted by Gasteiger charge is 2.06. The Bertz CT molecular complexity index is 220. The van der Waals surface area contributed by atoms with Gasteiger partial charge in [-0.3, -0.25) is 0 Å². The molecule has 0 aromatic carbocycles. The van der Waals surface area contributed by atoms with Gasteiger partial charge in [-0.2, -0.15) is 5.26 Å². The molecule has 0 aliphatic carbocycles. The lowest BCUT2D eigenvalue weighted by atomic mass is 10.2. The smallest absolute Gasteiger partial charge is 0.137 e. The van der Waals surface area contributed by atoms with Crippen LogP contribution < -0.4 is 5.32 Å². The van der Waals surface area contributed by atoms with Gasteiger partial charge >= 0.3 is 0 Å². The summed E-state index contributed by atoms with van der Waals surface area (Å²) in [6.45, 7) is 0. The van der Waals surface area contributed by atoms with Crippen LogP contribution in [-0.2, 0) is 0 Å². The van der Waals surface area contributed by atoms with E-state index >= 15 is 0 Å². The number of nitriles is 1. The second-order valence-corrected chi connectivity index (χ2v) is 1.86. The SMILES string of the molecule is CNC(C#N)c1cnc[nH]1. The van der Waals surface area contributed by atoms with Gasteiger partial charge in [-0.25, -0.2) is 4.98 Å². The van der Waals surface area contributed by atoms with Crippen molar-refractivity contribution in [1.82, 2.24) is 15.3 Å². The Morgan fingerprint density at radius 2 is 2.70 bits per heavy atom. The first-order valence-electron chi connectivity index (χ1n) is 2.93.